The van der Waals surface area contributed by atoms with Gasteiger partial charge in [-0.3, -0.25) is 4.79 Å². The van der Waals surface area contributed by atoms with Crippen molar-refractivity contribution < 1.29 is 4.79 Å². The van der Waals surface area contributed by atoms with Gasteiger partial charge in [0.05, 0.1) is 0 Å². The van der Waals surface area contributed by atoms with Crippen LogP contribution >= 0.6 is 0 Å². The summed E-state index contributed by atoms with van der Waals surface area (Å²) in [6.07, 6.45) is 7.13. The third kappa shape index (κ3) is 3.69. The van der Waals surface area contributed by atoms with Crippen molar-refractivity contribution >= 4 is 5.91 Å². The SMILES string of the molecule is CC(C)CC[C@H]1CC[C@H](C(N)=O)CC1. The maximum atomic E-state index is 10.9. The molecule has 0 heterocycles. The van der Waals surface area contributed by atoms with Crippen LogP contribution in [0.4, 0.5) is 0 Å². The van der Waals surface area contributed by atoms with Gasteiger partial charge in [-0.25, -0.2) is 0 Å². The summed E-state index contributed by atoms with van der Waals surface area (Å²) in [7, 11) is 0. The topological polar surface area (TPSA) is 43.1 Å². The van der Waals surface area contributed by atoms with Gasteiger partial charge in [0, 0.05) is 5.92 Å². The molecular weight excluding hydrogens is 174 g/mol. The molecule has 2 N–H and O–H groups in total. The quantitative estimate of drug-likeness (QED) is 0.740. The van der Waals surface area contributed by atoms with Gasteiger partial charge in [-0.2, -0.15) is 0 Å². The number of nitrogens with two attached hydrogens (primary N) is 1. The molecule has 1 rings (SSSR count). The number of primary amides is 1. The maximum Gasteiger partial charge on any atom is 0.220 e. The minimum atomic E-state index is -0.0905. The lowest BCUT2D eigenvalue weighted by molar-refractivity contribution is -0.122. The molecule has 1 aliphatic carbocycles. The highest BCUT2D eigenvalue weighted by Gasteiger charge is 2.24. The van der Waals surface area contributed by atoms with Crippen molar-refractivity contribution in [2.24, 2.45) is 23.5 Å². The fourth-order valence-corrected chi connectivity index (χ4v) is 2.30. The summed E-state index contributed by atoms with van der Waals surface area (Å²) in [5.41, 5.74) is 5.30. The van der Waals surface area contributed by atoms with Gasteiger partial charge in [0.15, 0.2) is 0 Å². The van der Waals surface area contributed by atoms with Crippen molar-refractivity contribution in [1.82, 2.24) is 0 Å². The lowest BCUT2D eigenvalue weighted by Gasteiger charge is -2.26. The molecule has 0 radical (unpaired) electrons. The van der Waals surface area contributed by atoms with Crippen LogP contribution in [0.5, 0.6) is 0 Å². The van der Waals surface area contributed by atoms with Crippen LogP contribution in [0.3, 0.4) is 0 Å². The van der Waals surface area contributed by atoms with E-state index in [0.29, 0.717) is 0 Å². The summed E-state index contributed by atoms with van der Waals surface area (Å²) in [4.78, 5) is 10.9. The minimum absolute atomic E-state index is 0.0905. The van der Waals surface area contributed by atoms with E-state index in [1.807, 2.05) is 0 Å². The maximum absolute atomic E-state index is 10.9. The van der Waals surface area contributed by atoms with E-state index >= 15 is 0 Å². The summed E-state index contributed by atoms with van der Waals surface area (Å²) in [5, 5.41) is 0. The number of carbonyl (C=O) groups is 1. The highest BCUT2D eigenvalue weighted by molar-refractivity contribution is 5.76. The van der Waals surface area contributed by atoms with E-state index in [9.17, 15) is 4.79 Å². The van der Waals surface area contributed by atoms with Gasteiger partial charge in [-0.1, -0.05) is 26.7 Å². The highest BCUT2D eigenvalue weighted by atomic mass is 16.1. The van der Waals surface area contributed by atoms with Crippen LogP contribution in [-0.4, -0.2) is 5.91 Å². The van der Waals surface area contributed by atoms with Crippen LogP contribution in [-0.2, 0) is 4.79 Å². The Morgan fingerprint density at radius 2 is 1.86 bits per heavy atom. The molecule has 14 heavy (non-hydrogen) atoms. The molecule has 0 aromatic heterocycles. The van der Waals surface area contributed by atoms with Crippen LogP contribution in [0.15, 0.2) is 0 Å². The molecule has 2 nitrogen and oxygen atoms in total. The lowest BCUT2D eigenvalue weighted by atomic mass is 9.79. The number of carbonyl (C=O) groups excluding carboxylic acids is 1. The molecule has 0 aromatic carbocycles. The van der Waals surface area contributed by atoms with Crippen molar-refractivity contribution in [2.45, 2.75) is 52.4 Å². The van der Waals surface area contributed by atoms with Crippen molar-refractivity contribution in [2.75, 3.05) is 0 Å². The van der Waals surface area contributed by atoms with Crippen LogP contribution in [0.2, 0.25) is 0 Å². The summed E-state index contributed by atoms with van der Waals surface area (Å²) < 4.78 is 0. The second kappa shape index (κ2) is 5.38. The number of rotatable bonds is 4. The van der Waals surface area contributed by atoms with Crippen molar-refractivity contribution in [3.8, 4) is 0 Å². The smallest absolute Gasteiger partial charge is 0.220 e. The van der Waals surface area contributed by atoms with Crippen LogP contribution in [0.25, 0.3) is 0 Å². The number of amides is 1. The summed E-state index contributed by atoms with van der Waals surface area (Å²) in [6, 6.07) is 0. The van der Waals surface area contributed by atoms with Gasteiger partial charge < -0.3 is 5.73 Å². The molecule has 1 aliphatic rings. The van der Waals surface area contributed by atoms with Gasteiger partial charge in [0.25, 0.3) is 0 Å². The molecule has 0 aromatic rings. The van der Waals surface area contributed by atoms with Gasteiger partial charge in [0.2, 0.25) is 5.91 Å². The first-order valence-electron chi connectivity index (χ1n) is 5.89. The summed E-state index contributed by atoms with van der Waals surface area (Å²) in [6.45, 7) is 4.55. The Morgan fingerprint density at radius 3 is 2.29 bits per heavy atom. The van der Waals surface area contributed by atoms with Crippen molar-refractivity contribution in [3.63, 3.8) is 0 Å². The number of hydrogen-bond acceptors (Lipinski definition) is 1. The standard InChI is InChI=1S/C12H23NO/c1-9(2)3-4-10-5-7-11(8-6-10)12(13)14/h9-11H,3-8H2,1-2H3,(H2,13,14)/t10-,11-. The van der Waals surface area contributed by atoms with Crippen LogP contribution < -0.4 is 5.73 Å². The fraction of sp³-hybridized carbons (Fsp3) is 0.917. The molecule has 0 saturated heterocycles. The first-order chi connectivity index (χ1) is 6.59. The summed E-state index contributed by atoms with van der Waals surface area (Å²) in [5.74, 6) is 1.74. The molecule has 1 fully saturated rings. The molecule has 1 amide bonds. The molecule has 0 atom stereocenters. The molecule has 0 aliphatic heterocycles. The average molecular weight is 197 g/mol. The molecule has 1 saturated carbocycles. The van der Waals surface area contributed by atoms with Crippen LogP contribution in [0.1, 0.15) is 52.4 Å². The Morgan fingerprint density at radius 1 is 1.29 bits per heavy atom. The highest BCUT2D eigenvalue weighted by Crippen LogP contribution is 2.32. The van der Waals surface area contributed by atoms with Gasteiger partial charge >= 0.3 is 0 Å². The Kier molecular flexibility index (Phi) is 4.43. The lowest BCUT2D eigenvalue weighted by Crippen LogP contribution is -2.27. The second-order valence-corrected chi connectivity index (χ2v) is 5.09. The molecular formula is C12H23NO. The minimum Gasteiger partial charge on any atom is -0.369 e. The van der Waals surface area contributed by atoms with E-state index in [1.165, 1.54) is 25.7 Å². The van der Waals surface area contributed by atoms with E-state index < -0.39 is 0 Å². The van der Waals surface area contributed by atoms with Crippen molar-refractivity contribution in [3.05, 3.63) is 0 Å². The molecule has 2 heteroatoms. The van der Waals surface area contributed by atoms with E-state index in [2.05, 4.69) is 13.8 Å². The Balaban J connectivity index is 2.19. The van der Waals surface area contributed by atoms with Gasteiger partial charge in [0.1, 0.15) is 0 Å². The first kappa shape index (κ1) is 11.5. The monoisotopic (exact) mass is 197 g/mol. The van der Waals surface area contributed by atoms with Gasteiger partial charge in [-0.15, -0.1) is 0 Å². The zero-order chi connectivity index (χ0) is 10.6. The number of hydrogen-bond donors (Lipinski definition) is 1. The molecule has 82 valence electrons. The van der Waals surface area contributed by atoms with Crippen LogP contribution in [0, 0.1) is 17.8 Å². The fourth-order valence-electron chi connectivity index (χ4n) is 2.30. The van der Waals surface area contributed by atoms with E-state index in [4.69, 9.17) is 5.73 Å². The Hall–Kier alpha value is -0.530. The molecule has 0 unspecified atom stereocenters. The first-order valence-corrected chi connectivity index (χ1v) is 5.89. The zero-order valence-corrected chi connectivity index (χ0v) is 9.46. The zero-order valence-electron chi connectivity index (χ0n) is 9.46. The Labute approximate surface area is 87.2 Å². The second-order valence-electron chi connectivity index (χ2n) is 5.09. The average Bonchev–Trinajstić information content (AvgIpc) is 2.15. The van der Waals surface area contributed by atoms with E-state index in [-0.39, 0.29) is 11.8 Å². The predicted molar refractivity (Wildman–Crippen MR) is 58.7 cm³/mol. The van der Waals surface area contributed by atoms with E-state index in [0.717, 1.165) is 24.7 Å². The normalized spacial score (nSPS) is 27.9. The Bertz CT molecular complexity index is 181. The largest absolute Gasteiger partial charge is 0.369 e. The molecule has 0 bridgehead atoms. The predicted octanol–water partition coefficient (Wildman–Crippen LogP) is 2.71. The summed E-state index contributed by atoms with van der Waals surface area (Å²) >= 11 is 0. The van der Waals surface area contributed by atoms with Gasteiger partial charge in [-0.05, 0) is 37.5 Å². The third-order valence-electron chi connectivity index (χ3n) is 3.40. The van der Waals surface area contributed by atoms with Crippen molar-refractivity contribution in [1.29, 1.82) is 0 Å². The van der Waals surface area contributed by atoms with E-state index in [1.54, 1.807) is 0 Å². The third-order valence-corrected chi connectivity index (χ3v) is 3.40. The molecule has 0 spiro atoms.